The molecule has 0 saturated carbocycles. The summed E-state index contributed by atoms with van der Waals surface area (Å²) in [6.45, 7) is 21.1. The van der Waals surface area contributed by atoms with Gasteiger partial charge >= 0.3 is 0 Å². The number of hydrogen-bond acceptors (Lipinski definition) is 10. The lowest BCUT2D eigenvalue weighted by Crippen LogP contribution is -2.04. The van der Waals surface area contributed by atoms with Gasteiger partial charge in [0, 0.05) is 55.8 Å². The molecule has 0 atom stereocenters. The molecule has 0 bridgehead atoms. The predicted molar refractivity (Wildman–Crippen MR) is 340 cm³/mol. The van der Waals surface area contributed by atoms with Crippen LogP contribution in [0.5, 0.6) is 0 Å². The largest absolute Gasteiger partial charge is 0.398 e. The molecule has 0 unspecified atom stereocenters. The highest BCUT2D eigenvalue weighted by Crippen LogP contribution is 2.35. The summed E-state index contributed by atoms with van der Waals surface area (Å²) < 4.78 is 0. The lowest BCUT2D eigenvalue weighted by Gasteiger charge is -2.15. The number of nitrogens with two attached hydrogens (primary N) is 1. The molecule has 12 aromatic rings. The summed E-state index contributed by atoms with van der Waals surface area (Å²) in [7, 11) is 0. The van der Waals surface area contributed by atoms with Gasteiger partial charge in [0.05, 0.1) is 0 Å². The Hall–Kier alpha value is -10.2. The van der Waals surface area contributed by atoms with Gasteiger partial charge < -0.3 is 5.73 Å². The van der Waals surface area contributed by atoms with Crippen LogP contribution in [-0.4, -0.2) is 44.9 Å². The first kappa shape index (κ1) is 56.1. The molecule has 0 radical (unpaired) electrons. The second-order valence-corrected chi connectivity index (χ2v) is 21.0. The lowest BCUT2D eigenvalue weighted by molar-refractivity contribution is 1.06. The van der Waals surface area contributed by atoms with Gasteiger partial charge in [0.1, 0.15) is 0 Å². The number of anilines is 1. The zero-order valence-electron chi connectivity index (χ0n) is 48.7. The summed E-state index contributed by atoms with van der Waals surface area (Å²) in [5.74, 6) is 6.12. The Labute approximate surface area is 487 Å². The van der Waals surface area contributed by atoms with Crippen LogP contribution in [0.3, 0.4) is 0 Å². The van der Waals surface area contributed by atoms with E-state index in [1.165, 1.54) is 33.4 Å². The van der Waals surface area contributed by atoms with Crippen LogP contribution in [0.2, 0.25) is 0 Å². The highest BCUT2D eigenvalue weighted by Gasteiger charge is 2.20. The highest BCUT2D eigenvalue weighted by molar-refractivity contribution is 5.79. The van der Waals surface area contributed by atoms with E-state index in [1.54, 1.807) is 0 Å². The molecule has 9 aromatic carbocycles. The van der Waals surface area contributed by atoms with E-state index in [9.17, 15) is 0 Å². The second kappa shape index (κ2) is 25.1. The van der Waals surface area contributed by atoms with Crippen LogP contribution in [0.15, 0.2) is 206 Å². The van der Waals surface area contributed by atoms with Crippen LogP contribution in [-0.2, 0) is 0 Å². The Morgan fingerprint density at radius 1 is 0.229 bits per heavy atom. The molecule has 0 saturated heterocycles. The fraction of sp³-hybridized carbons (Fsp3) is 0.137. The van der Waals surface area contributed by atoms with E-state index >= 15 is 0 Å². The molecule has 3 aromatic heterocycles. The first-order valence-electron chi connectivity index (χ1n) is 27.8. The minimum atomic E-state index is 0.599. The monoisotopic (exact) mass is 1080 g/mol. The zero-order chi connectivity index (χ0) is 58.1. The molecule has 12 rings (SSSR count). The van der Waals surface area contributed by atoms with Gasteiger partial charge in [-0.05, 0) is 132 Å². The van der Waals surface area contributed by atoms with Gasteiger partial charge in [-0.25, -0.2) is 44.9 Å². The molecule has 83 heavy (non-hydrogen) atoms. The summed E-state index contributed by atoms with van der Waals surface area (Å²) in [5, 5.41) is 0. The van der Waals surface area contributed by atoms with Crippen molar-refractivity contribution in [3.8, 4) is 102 Å². The number of rotatable bonds is 9. The molecule has 2 N–H and O–H groups in total. The zero-order valence-corrected chi connectivity index (χ0v) is 48.7. The second-order valence-electron chi connectivity index (χ2n) is 21.0. The highest BCUT2D eigenvalue weighted by atomic mass is 15.1. The van der Waals surface area contributed by atoms with E-state index in [0.29, 0.717) is 52.3 Å². The van der Waals surface area contributed by atoms with Crippen molar-refractivity contribution in [3.05, 3.63) is 262 Å². The fourth-order valence-corrected chi connectivity index (χ4v) is 9.81. The standard InChI is InChI=1S/2C25H23N3.C23H20N4/c1-16-15-17(2)19(4)22(18(16)3)25-27-23(20-11-7-5-8-12-20)26-24(28-25)21-13-9-6-10-14-21;1-16-10-12-18(3)21(14-16)24-26-23(20-8-6-5-7-9-20)27-25(28-24)22-15-17(2)11-13-19(22)4;1-15-13-14-19(24)20(16(15)2)23-26-21(17-9-5-3-6-10-17)25-22(27-23)18-11-7-4-8-12-18/h2*5-15H,1-4H3;3-14H,24H2,1-2H3. The van der Waals surface area contributed by atoms with Crippen LogP contribution >= 0.6 is 0 Å². The van der Waals surface area contributed by atoms with Gasteiger partial charge in [-0.3, -0.25) is 0 Å². The van der Waals surface area contributed by atoms with Gasteiger partial charge in [0.2, 0.25) is 0 Å². The number of aromatic nitrogens is 9. The smallest absolute Gasteiger partial charge is 0.166 e. The van der Waals surface area contributed by atoms with Crippen LogP contribution < -0.4 is 5.73 Å². The third kappa shape index (κ3) is 12.9. The van der Waals surface area contributed by atoms with Crippen molar-refractivity contribution in [2.24, 2.45) is 0 Å². The van der Waals surface area contributed by atoms with Crippen LogP contribution in [0.1, 0.15) is 55.6 Å². The number of nitrogen functional groups attached to an aromatic ring is 1. The van der Waals surface area contributed by atoms with E-state index < -0.39 is 0 Å². The molecular weight excluding hydrogens is 1020 g/mol. The molecule has 0 fully saturated rings. The van der Waals surface area contributed by atoms with Crippen molar-refractivity contribution in [2.45, 2.75) is 69.2 Å². The molecule has 0 aliphatic rings. The lowest BCUT2D eigenvalue weighted by atomic mass is 9.93. The summed E-state index contributed by atoms with van der Waals surface area (Å²) in [6.07, 6.45) is 0. The topological polar surface area (TPSA) is 142 Å². The summed E-state index contributed by atoms with van der Waals surface area (Å²) >= 11 is 0. The molecule has 0 spiro atoms. The number of hydrogen-bond donors (Lipinski definition) is 1. The van der Waals surface area contributed by atoms with Crippen molar-refractivity contribution < 1.29 is 0 Å². The first-order valence-corrected chi connectivity index (χ1v) is 27.8. The van der Waals surface area contributed by atoms with Gasteiger partial charge in [-0.1, -0.05) is 199 Å². The molecule has 10 heteroatoms. The normalized spacial score (nSPS) is 10.8. The molecule has 10 nitrogen and oxygen atoms in total. The Bertz CT molecular complexity index is 3980. The maximum atomic E-state index is 6.30. The van der Waals surface area contributed by atoms with Gasteiger partial charge in [-0.15, -0.1) is 0 Å². The average Bonchev–Trinajstić information content (AvgIpc) is 3.70. The van der Waals surface area contributed by atoms with E-state index in [-0.39, 0.29) is 0 Å². The number of benzene rings is 9. The van der Waals surface area contributed by atoms with Crippen LogP contribution in [0, 0.1) is 69.2 Å². The third-order valence-electron chi connectivity index (χ3n) is 14.9. The molecule has 3 heterocycles. The van der Waals surface area contributed by atoms with Crippen molar-refractivity contribution in [1.29, 1.82) is 0 Å². The molecular formula is C73H66N10. The molecule has 0 aliphatic heterocycles. The Morgan fingerprint density at radius 2 is 0.494 bits per heavy atom. The Balaban J connectivity index is 0.000000139. The van der Waals surface area contributed by atoms with Gasteiger partial charge in [0.15, 0.2) is 52.4 Å². The van der Waals surface area contributed by atoms with E-state index in [1.807, 2.05) is 164 Å². The number of nitrogens with zero attached hydrogens (tertiary/aromatic N) is 9. The van der Waals surface area contributed by atoms with Crippen molar-refractivity contribution >= 4 is 5.69 Å². The maximum absolute atomic E-state index is 6.30. The molecule has 0 aliphatic carbocycles. The third-order valence-corrected chi connectivity index (χ3v) is 14.9. The minimum Gasteiger partial charge on any atom is -0.398 e. The summed E-state index contributed by atoms with van der Waals surface area (Å²) in [6, 6.07) is 69.1. The minimum absolute atomic E-state index is 0.599. The predicted octanol–water partition coefficient (Wildman–Crippen LogP) is 17.3. The van der Waals surface area contributed by atoms with Crippen molar-refractivity contribution in [1.82, 2.24) is 44.9 Å². The molecule has 408 valence electrons. The number of aryl methyl sites for hydroxylation is 7. The van der Waals surface area contributed by atoms with Crippen LogP contribution in [0.25, 0.3) is 102 Å². The summed E-state index contributed by atoms with van der Waals surface area (Å²) in [4.78, 5) is 43.3. The first-order chi connectivity index (χ1) is 40.2. The van der Waals surface area contributed by atoms with Gasteiger partial charge in [-0.2, -0.15) is 0 Å². The Morgan fingerprint density at radius 3 is 0.831 bits per heavy atom. The summed E-state index contributed by atoms with van der Waals surface area (Å²) in [5.41, 5.74) is 27.8. The SMILES string of the molecule is Cc1cc(C)c(C)c(-c2nc(-c3ccccc3)nc(-c3ccccc3)n2)c1C.Cc1ccc(C)c(-c2nc(-c3ccccc3)nc(-c3cc(C)ccc3C)n2)c1.Cc1ccc(N)c(-c2nc(-c3ccccc3)nc(-c3ccccc3)n2)c1C. The maximum Gasteiger partial charge on any atom is 0.166 e. The van der Waals surface area contributed by atoms with E-state index in [0.717, 1.165) is 78.1 Å². The Kier molecular flexibility index (Phi) is 17.0. The average molecular weight is 1080 g/mol. The molecule has 0 amide bonds. The van der Waals surface area contributed by atoms with Crippen molar-refractivity contribution in [3.63, 3.8) is 0 Å². The quantitative estimate of drug-likeness (QED) is 0.139. The van der Waals surface area contributed by atoms with E-state index in [4.69, 9.17) is 50.6 Å². The van der Waals surface area contributed by atoms with Crippen LogP contribution in [0.4, 0.5) is 5.69 Å². The van der Waals surface area contributed by atoms with Gasteiger partial charge in [0.25, 0.3) is 0 Å². The van der Waals surface area contributed by atoms with Crippen molar-refractivity contribution in [2.75, 3.05) is 5.73 Å². The van der Waals surface area contributed by atoms with E-state index in [2.05, 4.69) is 112 Å². The fourth-order valence-electron chi connectivity index (χ4n) is 9.81.